The lowest BCUT2D eigenvalue weighted by Crippen LogP contribution is -2.43. The van der Waals surface area contributed by atoms with Crippen LogP contribution in [0.3, 0.4) is 0 Å². The zero-order valence-corrected chi connectivity index (χ0v) is 21.5. The van der Waals surface area contributed by atoms with E-state index in [4.69, 9.17) is 28.2 Å². The topological polar surface area (TPSA) is 67.2 Å². The molecule has 1 N–H and O–H groups in total. The third-order valence-corrected chi connectivity index (χ3v) is 7.44. The molecule has 4 aromatic rings. The van der Waals surface area contributed by atoms with Gasteiger partial charge in [-0.25, -0.2) is 9.78 Å². The Balaban J connectivity index is 1.45. The van der Waals surface area contributed by atoms with Gasteiger partial charge in [0, 0.05) is 23.7 Å². The Morgan fingerprint density at radius 2 is 1.72 bits per heavy atom. The summed E-state index contributed by atoms with van der Waals surface area (Å²) < 4.78 is 1.64. The molecule has 0 fully saturated rings. The maximum Gasteiger partial charge on any atom is 0.322 e. The van der Waals surface area contributed by atoms with E-state index in [2.05, 4.69) is 17.4 Å². The van der Waals surface area contributed by atoms with Gasteiger partial charge in [-0.1, -0.05) is 83.5 Å². The Bertz CT molecular complexity index is 1460. The number of benzene rings is 3. The van der Waals surface area contributed by atoms with E-state index < -0.39 is 0 Å². The monoisotopic (exact) mass is 536 g/mol. The first-order valence-electron chi connectivity index (χ1n) is 11.4. The molecule has 2 amide bonds. The molecule has 182 valence electrons. The lowest BCUT2D eigenvalue weighted by atomic mass is 10.1. The molecule has 3 aromatic carbocycles. The minimum absolute atomic E-state index is 0.161. The second-order valence-corrected chi connectivity index (χ2v) is 10.1. The van der Waals surface area contributed by atoms with Crippen molar-refractivity contribution in [2.24, 2.45) is 0 Å². The summed E-state index contributed by atoms with van der Waals surface area (Å²) >= 11 is 13.7. The first kappa shape index (κ1) is 24.4. The Labute approximate surface area is 222 Å². The number of urea groups is 1. The van der Waals surface area contributed by atoms with E-state index in [1.807, 2.05) is 48.5 Å². The number of aromatic nitrogens is 2. The first-order valence-corrected chi connectivity index (χ1v) is 13.1. The molecule has 0 aliphatic carbocycles. The lowest BCUT2D eigenvalue weighted by molar-refractivity contribution is 0.205. The molecule has 0 spiro atoms. The Morgan fingerprint density at radius 1 is 1.00 bits per heavy atom. The number of nitrogens with zero attached hydrogens (tertiary/aromatic N) is 3. The van der Waals surface area contributed by atoms with Crippen molar-refractivity contribution >= 4 is 46.7 Å². The second kappa shape index (κ2) is 10.8. The Kier molecular flexibility index (Phi) is 7.32. The van der Waals surface area contributed by atoms with Gasteiger partial charge in [-0.2, -0.15) is 0 Å². The van der Waals surface area contributed by atoms with Crippen LogP contribution < -0.4 is 10.9 Å². The van der Waals surface area contributed by atoms with Gasteiger partial charge in [0.1, 0.15) is 0 Å². The summed E-state index contributed by atoms with van der Waals surface area (Å²) in [5.74, 6) is 0.690. The minimum atomic E-state index is -0.335. The fraction of sp³-hybridized carbons (Fsp3) is 0.148. The number of hydrogen-bond acceptors (Lipinski definition) is 4. The summed E-state index contributed by atoms with van der Waals surface area (Å²) in [4.78, 5) is 33.3. The molecule has 0 saturated carbocycles. The van der Waals surface area contributed by atoms with E-state index in [0.717, 1.165) is 16.9 Å². The smallest absolute Gasteiger partial charge is 0.320 e. The quantitative estimate of drug-likeness (QED) is 0.236. The van der Waals surface area contributed by atoms with Crippen LogP contribution >= 0.6 is 35.0 Å². The molecule has 2 heterocycles. The van der Waals surface area contributed by atoms with Crippen molar-refractivity contribution in [2.75, 3.05) is 11.9 Å². The highest BCUT2D eigenvalue weighted by Gasteiger charge is 2.27. The van der Waals surface area contributed by atoms with E-state index in [-0.39, 0.29) is 18.1 Å². The van der Waals surface area contributed by atoms with Crippen LogP contribution in [-0.4, -0.2) is 27.0 Å². The van der Waals surface area contributed by atoms with Crippen molar-refractivity contribution in [3.8, 4) is 5.69 Å². The number of carbonyl (C=O) groups is 1. The van der Waals surface area contributed by atoms with Crippen LogP contribution in [0.15, 0.2) is 88.8 Å². The Hall–Kier alpha value is -3.26. The number of fused-ring (bicyclic) bond motifs is 1. The van der Waals surface area contributed by atoms with Crippen LogP contribution in [0.1, 0.15) is 16.8 Å². The molecule has 1 aliphatic heterocycles. The molecule has 0 radical (unpaired) electrons. The summed E-state index contributed by atoms with van der Waals surface area (Å²) in [5, 5.41) is 4.29. The van der Waals surface area contributed by atoms with Crippen molar-refractivity contribution in [1.82, 2.24) is 14.5 Å². The fourth-order valence-electron chi connectivity index (χ4n) is 4.04. The van der Waals surface area contributed by atoms with Crippen LogP contribution in [0.5, 0.6) is 0 Å². The van der Waals surface area contributed by atoms with Crippen LogP contribution in [0.2, 0.25) is 10.0 Å². The lowest BCUT2D eigenvalue weighted by Gasteiger charge is -2.29. The number of amides is 2. The predicted octanol–water partition coefficient (Wildman–Crippen LogP) is 6.42. The number of halogens is 2. The number of para-hydroxylation sites is 1. The molecular weight excluding hydrogens is 515 g/mol. The van der Waals surface area contributed by atoms with Crippen LogP contribution in [0.4, 0.5) is 10.5 Å². The SMILES string of the molecule is O=C(Nc1ccc(Cl)cc1Cl)N1CCc2nc(SCc3ccccc3)n(-c3ccccc3)c(=O)c2C1. The maximum absolute atomic E-state index is 13.8. The molecular formula is C27H22Cl2N4O2S. The van der Waals surface area contributed by atoms with E-state index in [1.165, 1.54) is 11.8 Å². The van der Waals surface area contributed by atoms with Gasteiger partial charge in [-0.05, 0) is 35.9 Å². The number of hydrogen-bond donors (Lipinski definition) is 1. The predicted molar refractivity (Wildman–Crippen MR) is 145 cm³/mol. The number of anilines is 1. The Morgan fingerprint density at radius 3 is 2.44 bits per heavy atom. The summed E-state index contributed by atoms with van der Waals surface area (Å²) in [5.41, 5.74) is 3.44. The van der Waals surface area contributed by atoms with Crippen molar-refractivity contribution < 1.29 is 4.79 Å². The van der Waals surface area contributed by atoms with E-state index in [9.17, 15) is 9.59 Å². The molecule has 0 bridgehead atoms. The highest BCUT2D eigenvalue weighted by Crippen LogP contribution is 2.28. The van der Waals surface area contributed by atoms with Crippen LogP contribution in [0.25, 0.3) is 5.69 Å². The average molecular weight is 537 g/mol. The molecule has 6 nitrogen and oxygen atoms in total. The zero-order valence-electron chi connectivity index (χ0n) is 19.2. The number of thioether (sulfide) groups is 1. The van der Waals surface area contributed by atoms with Crippen LogP contribution in [-0.2, 0) is 18.7 Å². The summed E-state index contributed by atoms with van der Waals surface area (Å²) in [6.45, 7) is 0.600. The fourth-order valence-corrected chi connectivity index (χ4v) is 5.47. The highest BCUT2D eigenvalue weighted by molar-refractivity contribution is 7.98. The second-order valence-electron chi connectivity index (χ2n) is 8.30. The van der Waals surface area contributed by atoms with Crippen molar-refractivity contribution in [2.45, 2.75) is 23.9 Å². The molecule has 0 unspecified atom stereocenters. The molecule has 36 heavy (non-hydrogen) atoms. The van der Waals surface area contributed by atoms with Crippen LogP contribution in [0, 0.1) is 0 Å². The standard InChI is InChI=1S/C27H22Cl2N4O2S/c28-19-11-12-24(22(29)15-19)30-26(35)32-14-13-23-21(16-32)25(34)33(20-9-5-2-6-10-20)27(31-23)36-17-18-7-3-1-4-8-18/h1-12,15H,13-14,16-17H2,(H,30,35). The molecule has 0 saturated heterocycles. The van der Waals surface area contributed by atoms with Crippen molar-refractivity contribution in [3.05, 3.63) is 116 Å². The molecule has 1 aromatic heterocycles. The van der Waals surface area contributed by atoms with Gasteiger partial charge in [0.2, 0.25) is 0 Å². The van der Waals surface area contributed by atoms with E-state index in [1.54, 1.807) is 27.7 Å². The summed E-state index contributed by atoms with van der Waals surface area (Å²) in [6.07, 6.45) is 0.487. The molecule has 0 atom stereocenters. The number of rotatable bonds is 5. The summed E-state index contributed by atoms with van der Waals surface area (Å²) in [6, 6.07) is 24.1. The highest BCUT2D eigenvalue weighted by atomic mass is 35.5. The first-order chi connectivity index (χ1) is 17.5. The van der Waals surface area contributed by atoms with Gasteiger partial charge < -0.3 is 10.2 Å². The molecule has 9 heteroatoms. The normalized spacial score (nSPS) is 12.8. The van der Waals surface area contributed by atoms with Crippen molar-refractivity contribution in [3.63, 3.8) is 0 Å². The zero-order chi connectivity index (χ0) is 25.1. The largest absolute Gasteiger partial charge is 0.322 e. The molecule has 1 aliphatic rings. The maximum atomic E-state index is 13.8. The van der Waals surface area contributed by atoms with Gasteiger partial charge in [0.25, 0.3) is 5.56 Å². The van der Waals surface area contributed by atoms with Crippen molar-refractivity contribution in [1.29, 1.82) is 0 Å². The number of carbonyl (C=O) groups excluding carboxylic acids is 1. The van der Waals surface area contributed by atoms with Gasteiger partial charge in [0.15, 0.2) is 5.16 Å². The third-order valence-electron chi connectivity index (χ3n) is 5.88. The van der Waals surface area contributed by atoms with Gasteiger partial charge in [-0.15, -0.1) is 0 Å². The summed E-state index contributed by atoms with van der Waals surface area (Å²) in [7, 11) is 0. The van der Waals surface area contributed by atoms with Gasteiger partial charge in [0.05, 0.1) is 34.2 Å². The van der Waals surface area contributed by atoms with Gasteiger partial charge >= 0.3 is 6.03 Å². The number of nitrogens with one attached hydrogen (secondary N) is 1. The third kappa shape index (κ3) is 5.28. The van der Waals surface area contributed by atoms with Gasteiger partial charge in [-0.3, -0.25) is 9.36 Å². The van der Waals surface area contributed by atoms with E-state index in [0.29, 0.717) is 45.2 Å². The van der Waals surface area contributed by atoms with E-state index >= 15 is 0 Å². The average Bonchev–Trinajstić information content (AvgIpc) is 2.90. The molecule has 5 rings (SSSR count). The minimum Gasteiger partial charge on any atom is -0.320 e.